The molecule has 2 N–H and O–H groups in total. The molecule has 8 nitrogen and oxygen atoms in total. The van der Waals surface area contributed by atoms with Crippen molar-refractivity contribution in [1.29, 1.82) is 0 Å². The number of carbonyl (C=O) groups is 1. The van der Waals surface area contributed by atoms with Gasteiger partial charge in [0.05, 0.1) is 24.2 Å². The van der Waals surface area contributed by atoms with Gasteiger partial charge in [0.15, 0.2) is 0 Å². The highest BCUT2D eigenvalue weighted by Crippen LogP contribution is 2.20. The number of rotatable bonds is 10. The first-order chi connectivity index (χ1) is 18.4. The van der Waals surface area contributed by atoms with Gasteiger partial charge in [-0.05, 0) is 65.2 Å². The molecule has 0 saturated carbocycles. The molecule has 5 rings (SSSR count). The molecule has 0 bridgehead atoms. The van der Waals surface area contributed by atoms with E-state index < -0.39 is 16.1 Å². The zero-order valence-electron chi connectivity index (χ0n) is 20.2. The van der Waals surface area contributed by atoms with Gasteiger partial charge < -0.3 is 14.3 Å². The highest BCUT2D eigenvalue weighted by molar-refractivity contribution is 7.89. The molecular formula is C28H25N3O5S2. The first-order valence-corrected chi connectivity index (χ1v) is 14.3. The maximum absolute atomic E-state index is 14.0. The second-order valence-corrected chi connectivity index (χ2v) is 11.5. The summed E-state index contributed by atoms with van der Waals surface area (Å²) in [5.74, 6) is 0.229. The molecule has 3 heterocycles. The summed E-state index contributed by atoms with van der Waals surface area (Å²) in [7, 11) is -4.09. The third-order valence-corrected chi connectivity index (χ3v) is 8.38. The average Bonchev–Trinajstić information content (AvgIpc) is 3.62. The van der Waals surface area contributed by atoms with Gasteiger partial charge in [-0.2, -0.15) is 4.72 Å². The largest absolute Gasteiger partial charge is 0.467 e. The van der Waals surface area contributed by atoms with Crippen LogP contribution in [0.5, 0.6) is 0 Å². The quantitative estimate of drug-likeness (QED) is 0.271. The van der Waals surface area contributed by atoms with Crippen LogP contribution >= 0.6 is 11.3 Å². The van der Waals surface area contributed by atoms with Crippen molar-refractivity contribution < 1.29 is 17.6 Å². The number of hydrogen-bond donors (Lipinski definition) is 2. The summed E-state index contributed by atoms with van der Waals surface area (Å²) < 4.78 is 35.2. The minimum Gasteiger partial charge on any atom is -0.467 e. The summed E-state index contributed by atoms with van der Waals surface area (Å²) in [5.41, 5.74) is 1.06. The lowest BCUT2D eigenvalue weighted by Gasteiger charge is -2.27. The van der Waals surface area contributed by atoms with Gasteiger partial charge in [0.2, 0.25) is 21.5 Å². The van der Waals surface area contributed by atoms with Crippen molar-refractivity contribution in [1.82, 2.24) is 14.6 Å². The van der Waals surface area contributed by atoms with Crippen LogP contribution in [0.3, 0.4) is 0 Å². The Hall–Kier alpha value is -3.99. The molecule has 0 fully saturated rings. The van der Waals surface area contributed by atoms with Crippen LogP contribution in [0, 0.1) is 0 Å². The van der Waals surface area contributed by atoms with Gasteiger partial charge in [-0.3, -0.25) is 9.59 Å². The number of H-pyrrole nitrogens is 1. The Morgan fingerprint density at radius 1 is 0.974 bits per heavy atom. The molecule has 1 atom stereocenters. The van der Waals surface area contributed by atoms with Crippen molar-refractivity contribution in [3.05, 3.63) is 123 Å². The number of aromatic amines is 1. The van der Waals surface area contributed by atoms with Crippen LogP contribution in [0.4, 0.5) is 0 Å². The maximum atomic E-state index is 14.0. The normalized spacial score (nSPS) is 12.4. The predicted molar refractivity (Wildman–Crippen MR) is 146 cm³/mol. The minimum absolute atomic E-state index is 0.00116. The van der Waals surface area contributed by atoms with Crippen LogP contribution in [-0.4, -0.2) is 30.3 Å². The highest BCUT2D eigenvalue weighted by atomic mass is 32.2. The summed E-state index contributed by atoms with van der Waals surface area (Å²) in [4.78, 5) is 30.8. The van der Waals surface area contributed by atoms with Crippen LogP contribution in [0.15, 0.2) is 111 Å². The summed E-state index contributed by atoms with van der Waals surface area (Å²) in [6.07, 6.45) is 1.71. The van der Waals surface area contributed by atoms with Crippen molar-refractivity contribution in [3.8, 4) is 0 Å². The number of furan rings is 1. The summed E-state index contributed by atoms with van der Waals surface area (Å²) in [5, 5.41) is 2.50. The molecule has 5 aromatic rings. The highest BCUT2D eigenvalue weighted by Gasteiger charge is 2.30. The van der Waals surface area contributed by atoms with E-state index in [1.165, 1.54) is 29.5 Å². The predicted octanol–water partition coefficient (Wildman–Crippen LogP) is 4.30. The first kappa shape index (κ1) is 25.7. The summed E-state index contributed by atoms with van der Waals surface area (Å²) >= 11 is 1.52. The summed E-state index contributed by atoms with van der Waals surface area (Å²) in [6, 6.07) is 22.9. The van der Waals surface area contributed by atoms with Crippen molar-refractivity contribution in [2.24, 2.45) is 0 Å². The van der Waals surface area contributed by atoms with E-state index in [9.17, 15) is 18.0 Å². The van der Waals surface area contributed by atoms with Gasteiger partial charge in [0, 0.05) is 16.5 Å². The van der Waals surface area contributed by atoms with E-state index in [2.05, 4.69) is 9.71 Å². The monoisotopic (exact) mass is 547 g/mol. The Labute approximate surface area is 223 Å². The Balaban J connectivity index is 1.48. The number of benzene rings is 2. The average molecular weight is 548 g/mol. The zero-order chi connectivity index (χ0) is 26.5. The van der Waals surface area contributed by atoms with Crippen LogP contribution < -0.4 is 10.3 Å². The number of aromatic nitrogens is 1. The van der Waals surface area contributed by atoms with Crippen LogP contribution in [0.1, 0.15) is 16.2 Å². The number of sulfonamides is 1. The van der Waals surface area contributed by atoms with Gasteiger partial charge in [-0.15, -0.1) is 11.3 Å². The van der Waals surface area contributed by atoms with Gasteiger partial charge in [0.1, 0.15) is 11.8 Å². The fraction of sp³-hybridized carbons (Fsp3) is 0.143. The lowest BCUT2D eigenvalue weighted by atomic mass is 10.1. The van der Waals surface area contributed by atoms with Gasteiger partial charge in [-0.1, -0.05) is 36.4 Å². The molecule has 0 aliphatic heterocycles. The van der Waals surface area contributed by atoms with Gasteiger partial charge in [0.25, 0.3) is 0 Å². The molecule has 1 amide bonds. The van der Waals surface area contributed by atoms with E-state index in [1.807, 2.05) is 47.8 Å². The minimum atomic E-state index is -4.09. The topological polar surface area (TPSA) is 112 Å². The lowest BCUT2D eigenvalue weighted by Crippen LogP contribution is -2.49. The number of pyridine rings is 1. The molecule has 0 spiro atoms. The Morgan fingerprint density at radius 3 is 2.55 bits per heavy atom. The second kappa shape index (κ2) is 11.2. The standard InChI is InChI=1S/C28H25N3O5S2/c32-27-13-10-21-17-24(11-12-25(21)29-27)38(34,35)30-26(16-20-6-2-1-3-7-20)28(33)31(18-22-8-4-14-36-22)19-23-9-5-15-37-23/h1-15,17,26,30H,16,18-19H2,(H,29,32)/t26-/m1/s1. The van der Waals surface area contributed by atoms with E-state index in [1.54, 1.807) is 35.4 Å². The maximum Gasteiger partial charge on any atom is 0.248 e. The molecule has 2 aromatic carbocycles. The van der Waals surface area contributed by atoms with E-state index >= 15 is 0 Å². The van der Waals surface area contributed by atoms with Crippen LogP contribution in [-0.2, 0) is 34.3 Å². The Bertz CT molecular complexity index is 1640. The zero-order valence-corrected chi connectivity index (χ0v) is 21.9. The number of amides is 1. The SMILES string of the molecule is O=C([C@@H](Cc1ccccc1)NS(=O)(=O)c1ccc2[nH]c(=O)ccc2c1)N(Cc1ccco1)Cc1cccs1. The van der Waals surface area contributed by atoms with Gasteiger partial charge >= 0.3 is 0 Å². The fourth-order valence-corrected chi connectivity index (χ4v) is 6.14. The van der Waals surface area contributed by atoms with Crippen LogP contribution in [0.2, 0.25) is 0 Å². The third-order valence-electron chi connectivity index (χ3n) is 6.05. The third kappa shape index (κ3) is 6.10. The molecule has 38 heavy (non-hydrogen) atoms. The van der Waals surface area contributed by atoms with E-state index in [0.717, 1.165) is 10.4 Å². The molecule has 10 heteroatoms. The van der Waals surface area contributed by atoms with Crippen molar-refractivity contribution in [2.45, 2.75) is 30.4 Å². The molecule has 194 valence electrons. The molecule has 0 saturated heterocycles. The molecular weight excluding hydrogens is 522 g/mol. The smallest absolute Gasteiger partial charge is 0.248 e. The number of hydrogen-bond acceptors (Lipinski definition) is 6. The number of carbonyl (C=O) groups excluding carboxylic acids is 1. The molecule has 0 aliphatic carbocycles. The lowest BCUT2D eigenvalue weighted by molar-refractivity contribution is -0.134. The molecule has 0 unspecified atom stereocenters. The Kier molecular flexibility index (Phi) is 7.54. The molecule has 3 aromatic heterocycles. The summed E-state index contributed by atoms with van der Waals surface area (Å²) in [6.45, 7) is 0.508. The van der Waals surface area contributed by atoms with Gasteiger partial charge in [-0.25, -0.2) is 8.42 Å². The first-order valence-electron chi connectivity index (χ1n) is 11.9. The van der Waals surface area contributed by atoms with E-state index in [-0.39, 0.29) is 29.3 Å². The number of nitrogens with one attached hydrogen (secondary N) is 2. The number of thiophene rings is 1. The van der Waals surface area contributed by atoms with Crippen molar-refractivity contribution in [3.63, 3.8) is 0 Å². The van der Waals surface area contributed by atoms with Crippen LogP contribution in [0.25, 0.3) is 10.9 Å². The van der Waals surface area contributed by atoms with Crippen molar-refractivity contribution in [2.75, 3.05) is 0 Å². The molecule has 0 aliphatic rings. The van der Waals surface area contributed by atoms with E-state index in [0.29, 0.717) is 23.2 Å². The molecule has 0 radical (unpaired) electrons. The second-order valence-electron chi connectivity index (χ2n) is 8.79. The fourth-order valence-electron chi connectivity index (χ4n) is 4.20. The van der Waals surface area contributed by atoms with Crippen molar-refractivity contribution >= 4 is 38.2 Å². The number of nitrogens with zero attached hydrogens (tertiary/aromatic N) is 1. The van der Waals surface area contributed by atoms with E-state index in [4.69, 9.17) is 4.42 Å². The number of fused-ring (bicyclic) bond motifs is 1. The Morgan fingerprint density at radius 2 is 1.82 bits per heavy atom.